The largest absolute Gasteiger partial charge is 0.476 e. The first-order chi connectivity index (χ1) is 15.3. The Bertz CT molecular complexity index is 1160. The van der Waals surface area contributed by atoms with Gasteiger partial charge in [-0.15, -0.1) is 0 Å². The van der Waals surface area contributed by atoms with Crippen LogP contribution in [0.15, 0.2) is 55.0 Å². The van der Waals surface area contributed by atoms with Crippen LogP contribution in [0.3, 0.4) is 0 Å². The minimum Gasteiger partial charge on any atom is -0.476 e. The predicted octanol–water partition coefficient (Wildman–Crippen LogP) is 3.52. The monoisotopic (exact) mass is 414 g/mol. The minimum absolute atomic E-state index is 0.513. The third-order valence-corrected chi connectivity index (χ3v) is 5.83. The number of rotatable bonds is 6. The van der Waals surface area contributed by atoms with Gasteiger partial charge in [-0.3, -0.25) is 0 Å². The molecule has 0 aliphatic carbocycles. The molecule has 4 N–H and O–H groups in total. The number of fused-ring (bicyclic) bond motifs is 1. The van der Waals surface area contributed by atoms with E-state index in [0.29, 0.717) is 24.9 Å². The molecule has 7 heteroatoms. The van der Waals surface area contributed by atoms with Crippen LogP contribution in [0.25, 0.3) is 33.5 Å². The number of aromatic amines is 1. The zero-order valence-corrected chi connectivity index (χ0v) is 17.3. The quantitative estimate of drug-likeness (QED) is 0.446. The third-order valence-electron chi connectivity index (χ3n) is 5.83. The Labute approximate surface area is 181 Å². The number of nitrogens with one attached hydrogen (secondary N) is 2. The summed E-state index contributed by atoms with van der Waals surface area (Å²) in [6.07, 6.45) is 5.68. The van der Waals surface area contributed by atoms with Gasteiger partial charge in [0.15, 0.2) is 0 Å². The molecule has 0 radical (unpaired) electrons. The number of ether oxygens (including phenoxy) is 1. The predicted molar refractivity (Wildman–Crippen MR) is 122 cm³/mol. The highest BCUT2D eigenvalue weighted by Crippen LogP contribution is 2.32. The van der Waals surface area contributed by atoms with Gasteiger partial charge in [-0.2, -0.15) is 0 Å². The van der Waals surface area contributed by atoms with Gasteiger partial charge in [0.2, 0.25) is 5.88 Å². The number of piperidine rings is 1. The lowest BCUT2D eigenvalue weighted by molar-refractivity contribution is 0.208. The average Bonchev–Trinajstić information content (AvgIpc) is 3.31. The first-order valence-electron chi connectivity index (χ1n) is 10.7. The summed E-state index contributed by atoms with van der Waals surface area (Å²) in [7, 11) is 0. The summed E-state index contributed by atoms with van der Waals surface area (Å²) in [6.45, 7) is 3.28. The molecule has 7 nitrogen and oxygen atoms in total. The number of hydrogen-bond donors (Lipinski definition) is 3. The molecule has 1 aliphatic rings. The van der Waals surface area contributed by atoms with E-state index in [1.54, 1.807) is 12.5 Å². The van der Waals surface area contributed by atoms with Crippen LogP contribution in [-0.4, -0.2) is 39.6 Å². The molecule has 1 aliphatic heterocycles. The molecule has 4 aromatic rings. The van der Waals surface area contributed by atoms with Crippen LogP contribution in [0.2, 0.25) is 0 Å². The summed E-state index contributed by atoms with van der Waals surface area (Å²) in [6, 6.07) is 14.2. The summed E-state index contributed by atoms with van der Waals surface area (Å²) in [5.74, 6) is 1.11. The van der Waals surface area contributed by atoms with Crippen molar-refractivity contribution >= 4 is 11.0 Å². The van der Waals surface area contributed by atoms with E-state index in [4.69, 9.17) is 20.4 Å². The zero-order valence-electron chi connectivity index (χ0n) is 17.3. The molecule has 0 saturated carbocycles. The lowest BCUT2D eigenvalue weighted by Gasteiger charge is -2.22. The van der Waals surface area contributed by atoms with Crippen molar-refractivity contribution < 1.29 is 4.74 Å². The van der Waals surface area contributed by atoms with Gasteiger partial charge in [0.25, 0.3) is 0 Å². The fourth-order valence-corrected chi connectivity index (χ4v) is 3.99. The Hall–Kier alpha value is -3.29. The molecule has 31 heavy (non-hydrogen) atoms. The van der Waals surface area contributed by atoms with Crippen molar-refractivity contribution in [3.63, 3.8) is 0 Å². The first-order valence-corrected chi connectivity index (χ1v) is 10.7. The Balaban J connectivity index is 1.51. The van der Waals surface area contributed by atoms with Crippen LogP contribution in [0, 0.1) is 5.92 Å². The maximum absolute atomic E-state index is 6.07. The Morgan fingerprint density at radius 1 is 0.968 bits per heavy atom. The van der Waals surface area contributed by atoms with Gasteiger partial charge >= 0.3 is 0 Å². The van der Waals surface area contributed by atoms with E-state index in [1.807, 2.05) is 36.4 Å². The van der Waals surface area contributed by atoms with Gasteiger partial charge in [0.1, 0.15) is 5.69 Å². The fourth-order valence-electron chi connectivity index (χ4n) is 3.99. The van der Waals surface area contributed by atoms with E-state index >= 15 is 0 Å². The van der Waals surface area contributed by atoms with Crippen molar-refractivity contribution in [3.05, 3.63) is 60.6 Å². The van der Waals surface area contributed by atoms with E-state index in [1.165, 1.54) is 0 Å². The number of H-pyrrole nitrogens is 1. The topological polar surface area (TPSA) is 102 Å². The summed E-state index contributed by atoms with van der Waals surface area (Å²) < 4.78 is 6.07. The van der Waals surface area contributed by atoms with Crippen molar-refractivity contribution in [1.29, 1.82) is 0 Å². The molecular formula is C24H26N6O. The molecule has 3 heterocycles. The van der Waals surface area contributed by atoms with Crippen LogP contribution in [-0.2, 0) is 6.54 Å². The van der Waals surface area contributed by atoms with E-state index in [9.17, 15) is 0 Å². The van der Waals surface area contributed by atoms with Gasteiger partial charge in [-0.1, -0.05) is 30.3 Å². The average molecular weight is 415 g/mol. The SMILES string of the molecule is NCc1ccc(-c2ncc(OCC3CCNCC3)nc2-c2ccc3nc[nH]c3c2)cc1. The summed E-state index contributed by atoms with van der Waals surface area (Å²) in [4.78, 5) is 17.1. The maximum Gasteiger partial charge on any atom is 0.232 e. The molecule has 1 saturated heterocycles. The second kappa shape index (κ2) is 8.83. The van der Waals surface area contributed by atoms with Gasteiger partial charge in [-0.25, -0.2) is 15.0 Å². The van der Waals surface area contributed by atoms with Crippen molar-refractivity contribution in [2.24, 2.45) is 11.7 Å². The lowest BCUT2D eigenvalue weighted by Crippen LogP contribution is -2.30. The molecule has 1 fully saturated rings. The van der Waals surface area contributed by atoms with E-state index in [2.05, 4.69) is 21.4 Å². The minimum atomic E-state index is 0.513. The second-order valence-electron chi connectivity index (χ2n) is 7.95. The number of nitrogens with two attached hydrogens (primary N) is 1. The van der Waals surface area contributed by atoms with Gasteiger partial charge in [0, 0.05) is 17.7 Å². The molecule has 0 spiro atoms. The van der Waals surface area contributed by atoms with Crippen molar-refractivity contribution in [1.82, 2.24) is 25.3 Å². The molecule has 0 atom stereocenters. The fraction of sp³-hybridized carbons (Fsp3) is 0.292. The van der Waals surface area contributed by atoms with Gasteiger partial charge < -0.3 is 20.8 Å². The summed E-state index contributed by atoms with van der Waals surface area (Å²) >= 11 is 0. The lowest BCUT2D eigenvalue weighted by atomic mass is 9.99. The molecule has 5 rings (SSSR count). The van der Waals surface area contributed by atoms with Gasteiger partial charge in [-0.05, 0) is 49.5 Å². The van der Waals surface area contributed by atoms with E-state index in [0.717, 1.165) is 65.0 Å². The van der Waals surface area contributed by atoms with E-state index in [-0.39, 0.29) is 0 Å². The van der Waals surface area contributed by atoms with Crippen molar-refractivity contribution in [3.8, 4) is 28.4 Å². The first kappa shape index (κ1) is 19.7. The summed E-state index contributed by atoms with van der Waals surface area (Å²) in [5, 5.41) is 3.39. The van der Waals surface area contributed by atoms with Crippen LogP contribution < -0.4 is 15.8 Å². The van der Waals surface area contributed by atoms with Crippen LogP contribution >= 0.6 is 0 Å². The van der Waals surface area contributed by atoms with Crippen LogP contribution in [0.5, 0.6) is 5.88 Å². The maximum atomic E-state index is 6.07. The highest BCUT2D eigenvalue weighted by Gasteiger charge is 2.17. The standard InChI is InChI=1S/C24H26N6O/c25-12-16-1-3-18(4-2-16)23-24(19-5-6-20-21(11-19)29-15-28-20)30-22(13-27-23)31-14-17-7-9-26-10-8-17/h1-6,11,13,15,17,26H,7-10,12,14,25H2,(H,28,29). The number of hydrogen-bond acceptors (Lipinski definition) is 6. The van der Waals surface area contributed by atoms with Crippen LogP contribution in [0.1, 0.15) is 18.4 Å². The van der Waals surface area contributed by atoms with Crippen molar-refractivity contribution in [2.45, 2.75) is 19.4 Å². The molecule has 0 unspecified atom stereocenters. The molecule has 2 aromatic heterocycles. The van der Waals surface area contributed by atoms with Crippen molar-refractivity contribution in [2.75, 3.05) is 19.7 Å². The molecular weight excluding hydrogens is 388 g/mol. The number of imidazole rings is 1. The smallest absolute Gasteiger partial charge is 0.232 e. The number of aromatic nitrogens is 4. The molecule has 0 amide bonds. The third kappa shape index (κ3) is 4.28. The Morgan fingerprint density at radius 3 is 2.58 bits per heavy atom. The highest BCUT2D eigenvalue weighted by molar-refractivity contribution is 5.85. The Morgan fingerprint density at radius 2 is 1.77 bits per heavy atom. The number of nitrogens with zero attached hydrogens (tertiary/aromatic N) is 3. The molecule has 2 aromatic carbocycles. The van der Waals surface area contributed by atoms with Gasteiger partial charge in [0.05, 0.1) is 35.9 Å². The highest BCUT2D eigenvalue weighted by atomic mass is 16.5. The Kier molecular flexibility index (Phi) is 5.60. The number of benzene rings is 2. The normalized spacial score (nSPS) is 14.7. The zero-order chi connectivity index (χ0) is 21.0. The van der Waals surface area contributed by atoms with Crippen LogP contribution in [0.4, 0.5) is 0 Å². The van der Waals surface area contributed by atoms with E-state index < -0.39 is 0 Å². The second-order valence-corrected chi connectivity index (χ2v) is 7.95. The molecule has 0 bridgehead atoms. The summed E-state index contributed by atoms with van der Waals surface area (Å²) in [5.41, 5.74) is 12.3. The molecule has 158 valence electrons.